The number of nitrogens with one attached hydrogen (secondary N) is 2. The van der Waals surface area contributed by atoms with Crippen molar-refractivity contribution in [3.05, 3.63) is 17.7 Å². The largest absolute Gasteiger partial charge is 0.493 e. The first-order chi connectivity index (χ1) is 13.1. The summed E-state index contributed by atoms with van der Waals surface area (Å²) < 4.78 is 16.2. The molecule has 0 radical (unpaired) electrons. The Morgan fingerprint density at radius 1 is 1.07 bits per heavy atom. The van der Waals surface area contributed by atoms with E-state index in [4.69, 9.17) is 19.2 Å². The minimum Gasteiger partial charge on any atom is -0.493 e. The first-order valence-corrected chi connectivity index (χ1v) is 9.92. The SMILES string of the molecule is CCNC(=NCc1cc(OC)c(OC)c(OC)c1)NCC1CCCC(C)C1.I. The van der Waals surface area contributed by atoms with Crippen LogP contribution >= 0.6 is 24.0 Å². The van der Waals surface area contributed by atoms with Crippen LogP contribution in [0.5, 0.6) is 17.2 Å². The maximum absolute atomic E-state index is 5.43. The molecule has 1 aliphatic rings. The van der Waals surface area contributed by atoms with Crippen molar-refractivity contribution in [2.45, 2.75) is 46.1 Å². The molecule has 6 nitrogen and oxygen atoms in total. The summed E-state index contributed by atoms with van der Waals surface area (Å²) in [6.07, 6.45) is 5.32. The number of aliphatic imine (C=N–C) groups is 1. The summed E-state index contributed by atoms with van der Waals surface area (Å²) in [5.41, 5.74) is 1.01. The minimum atomic E-state index is 0. The van der Waals surface area contributed by atoms with E-state index >= 15 is 0 Å². The van der Waals surface area contributed by atoms with Crippen LogP contribution < -0.4 is 24.8 Å². The lowest BCUT2D eigenvalue weighted by Gasteiger charge is -2.27. The van der Waals surface area contributed by atoms with Gasteiger partial charge < -0.3 is 24.8 Å². The van der Waals surface area contributed by atoms with Gasteiger partial charge >= 0.3 is 0 Å². The second kappa shape index (κ2) is 13.0. The molecule has 2 atom stereocenters. The molecule has 7 heteroatoms. The molecule has 1 aliphatic carbocycles. The lowest BCUT2D eigenvalue weighted by Crippen LogP contribution is -2.40. The number of methoxy groups -OCH3 is 3. The Kier molecular flexibility index (Phi) is 11.4. The second-order valence-electron chi connectivity index (χ2n) is 7.25. The van der Waals surface area contributed by atoms with Crippen molar-refractivity contribution in [3.8, 4) is 17.2 Å². The molecular formula is C21H36IN3O3. The van der Waals surface area contributed by atoms with E-state index < -0.39 is 0 Å². The van der Waals surface area contributed by atoms with Crippen LogP contribution in [0.15, 0.2) is 17.1 Å². The molecule has 2 rings (SSSR count). The Hall–Kier alpha value is -1.38. The van der Waals surface area contributed by atoms with Gasteiger partial charge in [0.15, 0.2) is 17.5 Å². The first kappa shape index (κ1) is 24.7. The fourth-order valence-electron chi connectivity index (χ4n) is 3.72. The lowest BCUT2D eigenvalue weighted by molar-refractivity contribution is 0.282. The summed E-state index contributed by atoms with van der Waals surface area (Å²) in [7, 11) is 4.86. The van der Waals surface area contributed by atoms with E-state index in [2.05, 4.69) is 24.5 Å². The maximum Gasteiger partial charge on any atom is 0.203 e. The molecule has 0 spiro atoms. The molecule has 0 bridgehead atoms. The first-order valence-electron chi connectivity index (χ1n) is 9.92. The fourth-order valence-corrected chi connectivity index (χ4v) is 3.72. The summed E-state index contributed by atoms with van der Waals surface area (Å²) in [5.74, 6) is 4.32. The Morgan fingerprint density at radius 3 is 2.29 bits per heavy atom. The van der Waals surface area contributed by atoms with Gasteiger partial charge in [0.2, 0.25) is 5.75 Å². The zero-order valence-electron chi connectivity index (χ0n) is 17.8. The summed E-state index contributed by atoms with van der Waals surface area (Å²) in [6.45, 7) is 6.79. The van der Waals surface area contributed by atoms with E-state index in [-0.39, 0.29) is 24.0 Å². The van der Waals surface area contributed by atoms with E-state index in [1.165, 1.54) is 25.7 Å². The van der Waals surface area contributed by atoms with Crippen molar-refractivity contribution >= 4 is 29.9 Å². The van der Waals surface area contributed by atoms with Crippen molar-refractivity contribution in [1.82, 2.24) is 10.6 Å². The second-order valence-corrected chi connectivity index (χ2v) is 7.25. The molecular weight excluding hydrogens is 469 g/mol. The Labute approximate surface area is 186 Å². The summed E-state index contributed by atoms with van der Waals surface area (Å²) in [6, 6.07) is 3.88. The Morgan fingerprint density at radius 2 is 1.75 bits per heavy atom. The van der Waals surface area contributed by atoms with E-state index in [1.54, 1.807) is 21.3 Å². The van der Waals surface area contributed by atoms with Gasteiger partial charge in [0.25, 0.3) is 0 Å². The number of hydrogen-bond acceptors (Lipinski definition) is 4. The fraction of sp³-hybridized carbons (Fsp3) is 0.667. The van der Waals surface area contributed by atoms with Crippen molar-refractivity contribution in [1.29, 1.82) is 0 Å². The molecule has 1 aromatic rings. The predicted molar refractivity (Wildman–Crippen MR) is 125 cm³/mol. The topological polar surface area (TPSA) is 64.1 Å². The number of ether oxygens (including phenoxy) is 3. The zero-order valence-corrected chi connectivity index (χ0v) is 20.2. The van der Waals surface area contributed by atoms with Gasteiger partial charge in [0.1, 0.15) is 0 Å². The van der Waals surface area contributed by atoms with Gasteiger partial charge in [0, 0.05) is 13.1 Å². The monoisotopic (exact) mass is 505 g/mol. The van der Waals surface area contributed by atoms with Gasteiger partial charge in [-0.25, -0.2) is 4.99 Å². The van der Waals surface area contributed by atoms with Gasteiger partial charge in [-0.15, -0.1) is 24.0 Å². The lowest BCUT2D eigenvalue weighted by atomic mass is 9.82. The molecule has 2 N–H and O–H groups in total. The number of rotatable bonds is 8. The van der Waals surface area contributed by atoms with E-state index in [9.17, 15) is 0 Å². The standard InChI is InChI=1S/C21H35N3O3.HI/c1-6-22-21(23-13-16-9-7-8-15(2)10-16)24-14-17-11-18(25-3)20(27-5)19(12-17)26-4;/h11-12,15-16H,6-10,13-14H2,1-5H3,(H2,22,23,24);1H. The molecule has 0 aromatic heterocycles. The van der Waals surface area contributed by atoms with E-state index in [0.717, 1.165) is 36.4 Å². The number of halogens is 1. The van der Waals surface area contributed by atoms with Gasteiger partial charge in [-0.1, -0.05) is 19.8 Å². The quantitative estimate of drug-likeness (QED) is 0.315. The minimum absolute atomic E-state index is 0. The highest BCUT2D eigenvalue weighted by Crippen LogP contribution is 2.38. The van der Waals surface area contributed by atoms with Crippen LogP contribution in [0.4, 0.5) is 0 Å². The number of hydrogen-bond donors (Lipinski definition) is 2. The van der Waals surface area contributed by atoms with Crippen LogP contribution in [0.25, 0.3) is 0 Å². The van der Waals surface area contributed by atoms with Crippen LogP contribution in [-0.2, 0) is 6.54 Å². The van der Waals surface area contributed by atoms with Gasteiger partial charge in [-0.2, -0.15) is 0 Å². The van der Waals surface area contributed by atoms with Crippen molar-refractivity contribution in [2.75, 3.05) is 34.4 Å². The Balaban J connectivity index is 0.00000392. The normalized spacial score (nSPS) is 19.4. The van der Waals surface area contributed by atoms with E-state index in [1.807, 2.05) is 12.1 Å². The molecule has 0 heterocycles. The van der Waals surface area contributed by atoms with E-state index in [0.29, 0.717) is 23.8 Å². The number of guanidine groups is 1. The molecule has 1 fully saturated rings. The van der Waals surface area contributed by atoms with Gasteiger partial charge in [-0.3, -0.25) is 0 Å². The van der Waals surface area contributed by atoms with Crippen molar-refractivity contribution < 1.29 is 14.2 Å². The van der Waals surface area contributed by atoms with Crippen LogP contribution in [0, 0.1) is 11.8 Å². The average molecular weight is 505 g/mol. The predicted octanol–water partition coefficient (Wildman–Crippen LogP) is 4.21. The summed E-state index contributed by atoms with van der Waals surface area (Å²) >= 11 is 0. The third-order valence-electron chi connectivity index (χ3n) is 5.09. The highest BCUT2D eigenvalue weighted by atomic mass is 127. The maximum atomic E-state index is 5.43. The van der Waals surface area contributed by atoms with Crippen molar-refractivity contribution in [3.63, 3.8) is 0 Å². The van der Waals surface area contributed by atoms with Crippen LogP contribution in [-0.4, -0.2) is 40.4 Å². The third-order valence-corrected chi connectivity index (χ3v) is 5.09. The molecule has 0 saturated heterocycles. The third kappa shape index (κ3) is 7.22. The smallest absolute Gasteiger partial charge is 0.203 e. The number of benzene rings is 1. The molecule has 1 saturated carbocycles. The average Bonchev–Trinajstić information content (AvgIpc) is 2.69. The zero-order chi connectivity index (χ0) is 19.6. The molecule has 0 amide bonds. The van der Waals surface area contributed by atoms with Crippen molar-refractivity contribution in [2.24, 2.45) is 16.8 Å². The summed E-state index contributed by atoms with van der Waals surface area (Å²) in [5, 5.41) is 6.85. The number of nitrogens with zero attached hydrogens (tertiary/aromatic N) is 1. The molecule has 1 aromatic carbocycles. The molecule has 28 heavy (non-hydrogen) atoms. The van der Waals surface area contributed by atoms with Crippen LogP contribution in [0.2, 0.25) is 0 Å². The van der Waals surface area contributed by atoms with Gasteiger partial charge in [-0.05, 0) is 49.3 Å². The highest BCUT2D eigenvalue weighted by molar-refractivity contribution is 14.0. The van der Waals surface area contributed by atoms with Crippen LogP contribution in [0.1, 0.15) is 45.1 Å². The van der Waals surface area contributed by atoms with Gasteiger partial charge in [0.05, 0.1) is 27.9 Å². The highest BCUT2D eigenvalue weighted by Gasteiger charge is 2.19. The molecule has 160 valence electrons. The summed E-state index contributed by atoms with van der Waals surface area (Å²) in [4.78, 5) is 4.74. The molecule has 0 aliphatic heterocycles. The van der Waals surface area contributed by atoms with Crippen LogP contribution in [0.3, 0.4) is 0 Å². The molecule has 2 unspecified atom stereocenters. The Bertz CT molecular complexity index is 600.